The lowest BCUT2D eigenvalue weighted by Gasteiger charge is -2.45. The Hall–Kier alpha value is -1.65. The Labute approximate surface area is 366 Å². The van der Waals surface area contributed by atoms with Crippen LogP contribution in [-0.4, -0.2) is 305 Å². The molecule has 6 rings (SSSR count). The van der Waals surface area contributed by atoms with E-state index in [-0.39, 0.29) is 0 Å². The summed E-state index contributed by atoms with van der Waals surface area (Å²) in [5, 5.41) is 177. The maximum atomic E-state index is 11.8. The van der Waals surface area contributed by atoms with Crippen LogP contribution in [-0.2, 0) is 61.6 Å². The van der Waals surface area contributed by atoms with Crippen molar-refractivity contribution in [3.05, 3.63) is 0 Å². The van der Waals surface area contributed by atoms with E-state index in [2.05, 4.69) is 0 Å². The molecule has 65 heavy (non-hydrogen) atoms. The van der Waals surface area contributed by atoms with Gasteiger partial charge in [-0.2, -0.15) is 0 Å². The molecule has 0 radical (unpaired) electrons. The summed E-state index contributed by atoms with van der Waals surface area (Å²) < 4.78 is 65.3. The SMILES string of the molecule is CO[C@@H]1[C@@H](O)[C@H](OC[C@H]2O[C@@H](OC[C@H]3O[C@@H](OC[C@H]4OC(O)[C@H](O)[C@@H](O)[C@H]4O)[C@H](O)[C@@H](O)[C@H]3O)[C@H](O)[C@@H](O[C@@H]3O[C@@H](CO[C@@H]4O[C@@H](CO)[C@H](O)[C@H]4O)[C@H](O)[C@H]3O)[C@H]2O)O[C@H](C(=O)O)[C@H]1O. The van der Waals surface area contributed by atoms with E-state index >= 15 is 0 Å². The number of aliphatic carboxylic acids is 1. The number of hydrogen-bond acceptors (Lipinski definition) is 29. The monoisotopic (exact) mass is 958 g/mol. The van der Waals surface area contributed by atoms with Gasteiger partial charge in [0.05, 0.1) is 33.0 Å². The zero-order valence-electron chi connectivity index (χ0n) is 34.1. The van der Waals surface area contributed by atoms with Crippen LogP contribution in [0.2, 0.25) is 0 Å². The highest BCUT2D eigenvalue weighted by Gasteiger charge is 2.55. The average Bonchev–Trinajstić information content (AvgIpc) is 3.71. The predicted molar refractivity (Wildman–Crippen MR) is 192 cm³/mol. The number of ether oxygens (including phenoxy) is 12. The fourth-order valence-electron chi connectivity index (χ4n) is 7.94. The van der Waals surface area contributed by atoms with Gasteiger partial charge in [0.15, 0.2) is 43.8 Å². The van der Waals surface area contributed by atoms with Crippen LogP contribution in [0.4, 0.5) is 0 Å². The van der Waals surface area contributed by atoms with E-state index in [0.29, 0.717) is 0 Å². The van der Waals surface area contributed by atoms with Crippen molar-refractivity contribution in [1.29, 1.82) is 0 Å². The Bertz CT molecular complexity index is 1500. The third-order valence-electron chi connectivity index (χ3n) is 11.9. The van der Waals surface area contributed by atoms with Crippen LogP contribution < -0.4 is 0 Å². The molecule has 30 nitrogen and oxygen atoms in total. The molecule has 0 spiro atoms. The number of carboxylic acid groups (broad SMARTS) is 1. The molecule has 0 aromatic heterocycles. The first kappa shape index (κ1) is 52.7. The van der Waals surface area contributed by atoms with Crippen molar-refractivity contribution in [2.45, 2.75) is 172 Å². The summed E-state index contributed by atoms with van der Waals surface area (Å²) in [7, 11) is 1.06. The van der Waals surface area contributed by atoms with E-state index in [9.17, 15) is 91.6 Å². The fraction of sp³-hybridized carbons (Fsp3) is 0.971. The minimum atomic E-state index is -2.09. The molecule has 0 aliphatic carbocycles. The number of carboxylic acids is 1. The second-order valence-corrected chi connectivity index (χ2v) is 16.2. The summed E-state index contributed by atoms with van der Waals surface area (Å²) in [6.07, 6.45) is -50.0. The lowest BCUT2D eigenvalue weighted by atomic mass is 9.97. The van der Waals surface area contributed by atoms with E-state index in [1.807, 2.05) is 0 Å². The van der Waals surface area contributed by atoms with Gasteiger partial charge in [-0.15, -0.1) is 0 Å². The fourth-order valence-corrected chi connectivity index (χ4v) is 7.94. The standard InChI is InChI=1S/C35H58O30/c1-54-26-23(48)28(29(51)52)65-34(24(26)49)58-6-11-16(41)27(64-35-21(46)15(40)10(63-35)5-56-31-20(45)12(37)7(2-36)60-31)25(50)33(62-11)57-4-9-14(39)18(43)22(47)32(61-9)55-3-8-13(38)17(42)19(44)30(53)59-8/h7-28,30-50,53H,2-6H2,1H3,(H,51,52)/t7-,8+,9+,10-,11+,12-,13-,14-,15-,16-,17-,18-,19+,20+,21+,22+,23-,24+,25+,26-,27-,28-,30?,31+,32+,33+,34+,35-/m0/s1. The molecule has 6 saturated heterocycles. The van der Waals surface area contributed by atoms with Gasteiger partial charge >= 0.3 is 5.97 Å². The summed E-state index contributed by atoms with van der Waals surface area (Å²) in [5.74, 6) is -1.66. The van der Waals surface area contributed by atoms with Gasteiger partial charge in [0, 0.05) is 7.11 Å². The zero-order valence-corrected chi connectivity index (χ0v) is 34.1. The van der Waals surface area contributed by atoms with Crippen molar-refractivity contribution in [2.24, 2.45) is 0 Å². The Kier molecular flexibility index (Phi) is 18.2. The summed E-state index contributed by atoms with van der Waals surface area (Å²) in [6.45, 7) is -3.68. The third-order valence-corrected chi connectivity index (χ3v) is 11.9. The molecule has 30 heteroatoms. The quantitative estimate of drug-likeness (QED) is 0.0643. The van der Waals surface area contributed by atoms with Crippen LogP contribution >= 0.6 is 0 Å². The number of aliphatic hydroxyl groups excluding tert-OH is 16. The molecule has 6 heterocycles. The van der Waals surface area contributed by atoms with E-state index in [1.165, 1.54) is 0 Å². The number of methoxy groups -OCH3 is 1. The second kappa shape index (κ2) is 22.4. The molecule has 0 bridgehead atoms. The van der Waals surface area contributed by atoms with Crippen LogP contribution in [0, 0.1) is 0 Å². The van der Waals surface area contributed by atoms with Gasteiger partial charge in [-0.1, -0.05) is 0 Å². The van der Waals surface area contributed by atoms with Crippen molar-refractivity contribution >= 4 is 5.97 Å². The Morgan fingerprint density at radius 2 is 0.769 bits per heavy atom. The van der Waals surface area contributed by atoms with Crippen molar-refractivity contribution in [1.82, 2.24) is 0 Å². The maximum Gasteiger partial charge on any atom is 0.335 e. The van der Waals surface area contributed by atoms with Crippen LogP contribution in [0.5, 0.6) is 0 Å². The summed E-state index contributed by atoms with van der Waals surface area (Å²) >= 11 is 0. The minimum Gasteiger partial charge on any atom is -0.479 e. The van der Waals surface area contributed by atoms with Crippen molar-refractivity contribution in [2.75, 3.05) is 40.1 Å². The van der Waals surface area contributed by atoms with Gasteiger partial charge in [-0.3, -0.25) is 0 Å². The second-order valence-electron chi connectivity index (χ2n) is 16.2. The average molecular weight is 959 g/mol. The first-order valence-electron chi connectivity index (χ1n) is 20.3. The predicted octanol–water partition coefficient (Wildman–Crippen LogP) is -12.1. The minimum absolute atomic E-state index is 0.611. The number of rotatable bonds is 17. The molecule has 1 unspecified atom stereocenters. The van der Waals surface area contributed by atoms with E-state index in [4.69, 9.17) is 56.8 Å². The number of aliphatic hydroxyl groups is 16. The van der Waals surface area contributed by atoms with Gasteiger partial charge in [0.2, 0.25) is 0 Å². The molecule has 0 saturated carbocycles. The normalized spacial score (nSPS) is 51.9. The smallest absolute Gasteiger partial charge is 0.335 e. The first-order valence-corrected chi connectivity index (χ1v) is 20.3. The summed E-state index contributed by atoms with van der Waals surface area (Å²) in [4.78, 5) is 11.8. The third kappa shape index (κ3) is 11.2. The lowest BCUT2D eigenvalue weighted by molar-refractivity contribution is -0.356. The molecule has 6 aliphatic rings. The van der Waals surface area contributed by atoms with E-state index < -0.39 is 211 Å². The molecule has 0 aromatic carbocycles. The van der Waals surface area contributed by atoms with E-state index in [0.717, 1.165) is 7.11 Å². The zero-order chi connectivity index (χ0) is 47.8. The van der Waals surface area contributed by atoms with Crippen molar-refractivity contribution in [3.8, 4) is 0 Å². The molecular formula is C35H58O30. The van der Waals surface area contributed by atoms with Gasteiger partial charge in [0.1, 0.15) is 128 Å². The molecule has 378 valence electrons. The molecule has 0 amide bonds. The van der Waals surface area contributed by atoms with Crippen molar-refractivity contribution < 1.29 is 148 Å². The highest BCUT2D eigenvalue weighted by molar-refractivity contribution is 5.73. The van der Waals surface area contributed by atoms with Crippen molar-refractivity contribution in [3.63, 3.8) is 0 Å². The topological polar surface area (TPSA) is 472 Å². The number of hydrogen-bond donors (Lipinski definition) is 17. The van der Waals surface area contributed by atoms with Crippen LogP contribution in [0.3, 0.4) is 0 Å². The molecule has 28 atom stereocenters. The Morgan fingerprint density at radius 3 is 1.26 bits per heavy atom. The highest BCUT2D eigenvalue weighted by Crippen LogP contribution is 2.34. The Morgan fingerprint density at radius 1 is 0.400 bits per heavy atom. The summed E-state index contributed by atoms with van der Waals surface area (Å²) in [5.41, 5.74) is 0. The van der Waals surface area contributed by atoms with E-state index in [1.54, 1.807) is 0 Å². The highest BCUT2D eigenvalue weighted by atomic mass is 16.8. The van der Waals surface area contributed by atoms with Gasteiger partial charge in [-0.25, -0.2) is 4.79 Å². The summed E-state index contributed by atoms with van der Waals surface area (Å²) in [6, 6.07) is 0. The lowest BCUT2D eigenvalue weighted by Crippen LogP contribution is -2.64. The maximum absolute atomic E-state index is 11.8. The largest absolute Gasteiger partial charge is 0.479 e. The van der Waals surface area contributed by atoms with Crippen LogP contribution in [0.1, 0.15) is 0 Å². The first-order chi connectivity index (χ1) is 30.7. The van der Waals surface area contributed by atoms with Crippen LogP contribution in [0.25, 0.3) is 0 Å². The van der Waals surface area contributed by atoms with Crippen LogP contribution in [0.15, 0.2) is 0 Å². The molecule has 6 aliphatic heterocycles. The number of carbonyl (C=O) groups is 1. The molecule has 0 aromatic rings. The molecular weight excluding hydrogens is 900 g/mol. The molecule has 6 fully saturated rings. The Balaban J connectivity index is 1.15. The van der Waals surface area contributed by atoms with Gasteiger partial charge in [0.25, 0.3) is 0 Å². The van der Waals surface area contributed by atoms with Gasteiger partial charge in [-0.05, 0) is 0 Å². The molecule has 17 N–H and O–H groups in total. The van der Waals surface area contributed by atoms with Gasteiger partial charge < -0.3 is 144 Å².